The Labute approximate surface area is 185 Å². The van der Waals surface area contributed by atoms with Crippen LogP contribution in [0.2, 0.25) is 10.0 Å². The molecule has 7 nitrogen and oxygen atoms in total. The fourth-order valence-electron chi connectivity index (χ4n) is 3.23. The molecule has 1 aromatic carbocycles. The van der Waals surface area contributed by atoms with Crippen LogP contribution in [0.3, 0.4) is 0 Å². The third-order valence-electron chi connectivity index (χ3n) is 4.81. The van der Waals surface area contributed by atoms with Gasteiger partial charge in [0.25, 0.3) is 5.91 Å². The van der Waals surface area contributed by atoms with Crippen molar-refractivity contribution in [2.75, 3.05) is 14.2 Å². The summed E-state index contributed by atoms with van der Waals surface area (Å²) in [6.07, 6.45) is 2.29. The van der Waals surface area contributed by atoms with Crippen molar-refractivity contribution in [3.63, 3.8) is 0 Å². The summed E-state index contributed by atoms with van der Waals surface area (Å²) < 4.78 is 6.98. The summed E-state index contributed by atoms with van der Waals surface area (Å²) in [4.78, 5) is 23.4. The van der Waals surface area contributed by atoms with Gasteiger partial charge in [0, 0.05) is 30.8 Å². The lowest BCUT2D eigenvalue weighted by Gasteiger charge is -2.18. The molecule has 0 spiro atoms. The number of nitrogens with zero attached hydrogens (tertiary/aromatic N) is 5. The van der Waals surface area contributed by atoms with E-state index in [1.165, 1.54) is 9.58 Å². The van der Waals surface area contributed by atoms with E-state index in [4.69, 9.17) is 27.9 Å². The van der Waals surface area contributed by atoms with Gasteiger partial charge >= 0.3 is 0 Å². The molecule has 2 aromatic heterocycles. The zero-order valence-corrected chi connectivity index (χ0v) is 19.0. The minimum atomic E-state index is -0.327. The van der Waals surface area contributed by atoms with Crippen molar-refractivity contribution in [2.24, 2.45) is 0 Å². The van der Waals surface area contributed by atoms with Crippen molar-refractivity contribution < 1.29 is 9.53 Å². The fraction of sp³-hybridized carbons (Fsp3) is 0.333. The number of hydrogen-bond donors (Lipinski definition) is 0. The number of ether oxygens (including phenoxy) is 1. The van der Waals surface area contributed by atoms with Crippen molar-refractivity contribution in [1.29, 1.82) is 0 Å². The van der Waals surface area contributed by atoms with Gasteiger partial charge in [-0.3, -0.25) is 9.78 Å². The van der Waals surface area contributed by atoms with E-state index < -0.39 is 0 Å². The Morgan fingerprint density at radius 2 is 1.90 bits per heavy atom. The summed E-state index contributed by atoms with van der Waals surface area (Å²) in [5, 5.41) is 5.27. The minimum Gasteiger partial charge on any atom is -0.496 e. The highest BCUT2D eigenvalue weighted by atomic mass is 35.5. The van der Waals surface area contributed by atoms with Gasteiger partial charge in [0.05, 0.1) is 29.4 Å². The second-order valence-electron chi connectivity index (χ2n) is 6.89. The Bertz CT molecular complexity index is 1080. The molecule has 0 saturated heterocycles. The van der Waals surface area contributed by atoms with E-state index in [9.17, 15) is 4.79 Å². The van der Waals surface area contributed by atoms with Gasteiger partial charge in [-0.2, -0.15) is 0 Å². The Balaban J connectivity index is 1.92. The fourth-order valence-corrected chi connectivity index (χ4v) is 3.79. The summed E-state index contributed by atoms with van der Waals surface area (Å²) in [5.74, 6) is 1.10. The van der Waals surface area contributed by atoms with E-state index >= 15 is 0 Å². The molecule has 0 saturated carbocycles. The number of rotatable bonds is 6. The second-order valence-corrected chi connectivity index (χ2v) is 7.71. The SMILES string of the molecule is CCc1nc(C(=O)N(C)Cc2ncc(C)c(OC)c2C)nn1-c1c(Cl)cccc1Cl. The summed E-state index contributed by atoms with van der Waals surface area (Å²) in [6, 6.07) is 5.19. The van der Waals surface area contributed by atoms with E-state index in [1.807, 2.05) is 20.8 Å². The molecule has 0 fully saturated rings. The quantitative estimate of drug-likeness (QED) is 0.558. The minimum absolute atomic E-state index is 0.0714. The molecule has 3 rings (SSSR count). The zero-order valence-electron chi connectivity index (χ0n) is 17.5. The number of benzene rings is 1. The molecular weight excluding hydrogens is 425 g/mol. The number of pyridine rings is 1. The van der Waals surface area contributed by atoms with Crippen LogP contribution in [0.5, 0.6) is 5.75 Å². The molecule has 0 radical (unpaired) electrons. The van der Waals surface area contributed by atoms with Crippen LogP contribution in [-0.4, -0.2) is 44.7 Å². The maximum Gasteiger partial charge on any atom is 0.293 e. The van der Waals surface area contributed by atoms with Gasteiger partial charge in [0.15, 0.2) is 0 Å². The first-order valence-electron chi connectivity index (χ1n) is 9.43. The molecule has 0 aliphatic rings. The van der Waals surface area contributed by atoms with Crippen LogP contribution >= 0.6 is 23.2 Å². The first kappa shape index (κ1) is 22.1. The largest absolute Gasteiger partial charge is 0.496 e. The highest BCUT2D eigenvalue weighted by Gasteiger charge is 2.23. The molecule has 30 heavy (non-hydrogen) atoms. The molecule has 0 unspecified atom stereocenters. The van der Waals surface area contributed by atoms with E-state index in [0.717, 1.165) is 22.6 Å². The lowest BCUT2D eigenvalue weighted by Crippen LogP contribution is -2.28. The van der Waals surface area contributed by atoms with E-state index in [1.54, 1.807) is 38.6 Å². The standard InChI is InChI=1S/C21H23Cl2N5O2/c1-6-17-25-20(26-28(17)18-14(22)8-7-9-15(18)23)21(29)27(4)11-16-13(3)19(30-5)12(2)10-24-16/h7-10H,6,11H2,1-5H3. The number of hydrogen-bond acceptors (Lipinski definition) is 5. The van der Waals surface area contributed by atoms with Gasteiger partial charge in [-0.25, -0.2) is 9.67 Å². The van der Waals surface area contributed by atoms with Crippen molar-refractivity contribution in [3.8, 4) is 11.4 Å². The smallest absolute Gasteiger partial charge is 0.293 e. The molecule has 2 heterocycles. The zero-order chi connectivity index (χ0) is 22.0. The van der Waals surface area contributed by atoms with Crippen molar-refractivity contribution in [3.05, 3.63) is 62.9 Å². The third kappa shape index (κ3) is 4.13. The average Bonchev–Trinajstić information content (AvgIpc) is 3.13. The number of carbonyl (C=O) groups is 1. The normalized spacial score (nSPS) is 10.9. The first-order valence-corrected chi connectivity index (χ1v) is 10.2. The predicted molar refractivity (Wildman–Crippen MR) is 117 cm³/mol. The number of halogens is 2. The Kier molecular flexibility index (Phi) is 6.63. The Hall–Kier alpha value is -2.64. The van der Waals surface area contributed by atoms with Crippen molar-refractivity contribution in [1.82, 2.24) is 24.6 Å². The maximum absolute atomic E-state index is 13.0. The molecule has 0 bridgehead atoms. The highest BCUT2D eigenvalue weighted by molar-refractivity contribution is 6.37. The molecule has 9 heteroatoms. The third-order valence-corrected chi connectivity index (χ3v) is 5.42. The lowest BCUT2D eigenvalue weighted by atomic mass is 10.1. The summed E-state index contributed by atoms with van der Waals surface area (Å²) in [6.45, 7) is 6.08. The van der Waals surface area contributed by atoms with Gasteiger partial charge in [0.1, 0.15) is 17.3 Å². The van der Waals surface area contributed by atoms with Crippen molar-refractivity contribution >= 4 is 29.1 Å². The molecule has 0 N–H and O–H groups in total. The van der Waals surface area contributed by atoms with Gasteiger partial charge in [-0.1, -0.05) is 36.2 Å². The van der Waals surface area contributed by atoms with Gasteiger partial charge in [-0.15, -0.1) is 5.10 Å². The molecule has 0 aliphatic carbocycles. The molecule has 158 valence electrons. The molecule has 3 aromatic rings. The summed E-state index contributed by atoms with van der Waals surface area (Å²) in [7, 11) is 3.31. The number of methoxy groups -OCH3 is 1. The van der Waals surface area contributed by atoms with Crippen LogP contribution in [0, 0.1) is 13.8 Å². The van der Waals surface area contributed by atoms with Crippen LogP contribution in [0.15, 0.2) is 24.4 Å². The summed E-state index contributed by atoms with van der Waals surface area (Å²) in [5.41, 5.74) is 3.09. The van der Waals surface area contributed by atoms with Gasteiger partial charge in [-0.05, 0) is 26.0 Å². The van der Waals surface area contributed by atoms with Gasteiger partial charge in [0.2, 0.25) is 5.82 Å². The number of amides is 1. The number of carbonyl (C=O) groups excluding carboxylic acids is 1. The second kappa shape index (κ2) is 9.02. The summed E-state index contributed by atoms with van der Waals surface area (Å²) >= 11 is 12.6. The van der Waals surface area contributed by atoms with Crippen LogP contribution in [0.4, 0.5) is 0 Å². The van der Waals surface area contributed by atoms with Crippen LogP contribution in [0.1, 0.15) is 40.2 Å². The topological polar surface area (TPSA) is 73.1 Å². The molecule has 0 atom stereocenters. The first-order chi connectivity index (χ1) is 14.3. The van der Waals surface area contributed by atoms with E-state index in [-0.39, 0.29) is 11.7 Å². The number of aromatic nitrogens is 4. The van der Waals surface area contributed by atoms with Crippen LogP contribution in [0.25, 0.3) is 5.69 Å². The van der Waals surface area contributed by atoms with E-state index in [0.29, 0.717) is 34.5 Å². The maximum atomic E-state index is 13.0. The van der Waals surface area contributed by atoms with Crippen LogP contribution in [-0.2, 0) is 13.0 Å². The lowest BCUT2D eigenvalue weighted by molar-refractivity contribution is 0.0771. The average molecular weight is 448 g/mol. The number of para-hydroxylation sites is 1. The van der Waals surface area contributed by atoms with E-state index in [2.05, 4.69) is 15.1 Å². The molecular formula is C21H23Cl2N5O2. The van der Waals surface area contributed by atoms with Gasteiger partial charge < -0.3 is 9.64 Å². The molecule has 1 amide bonds. The van der Waals surface area contributed by atoms with Crippen LogP contribution < -0.4 is 4.74 Å². The van der Waals surface area contributed by atoms with Crippen molar-refractivity contribution in [2.45, 2.75) is 33.7 Å². The highest BCUT2D eigenvalue weighted by Crippen LogP contribution is 2.29. The Morgan fingerprint density at radius 1 is 1.23 bits per heavy atom. The Morgan fingerprint density at radius 3 is 2.50 bits per heavy atom. The number of aryl methyl sites for hydroxylation is 2. The molecule has 0 aliphatic heterocycles. The monoisotopic (exact) mass is 447 g/mol. The predicted octanol–water partition coefficient (Wildman–Crippen LogP) is 4.43.